The van der Waals surface area contributed by atoms with Crippen LogP contribution < -0.4 is 0 Å². The molecule has 0 spiro atoms. The Kier molecular flexibility index (Phi) is 1.70. The number of pyridine rings is 1. The lowest BCUT2D eigenvalue weighted by atomic mass is 9.99. The van der Waals surface area contributed by atoms with Gasteiger partial charge in [0.1, 0.15) is 5.15 Å². The number of Topliss-reactive ketones (excluding diaryl/α,β-unsaturated/α-hetero) is 1. The molecule has 1 aliphatic carbocycles. The van der Waals surface area contributed by atoms with Crippen molar-refractivity contribution in [3.63, 3.8) is 0 Å². The molecule has 60 valence electrons. The molecule has 3 heteroatoms. The molecule has 12 heavy (non-hydrogen) atoms. The van der Waals surface area contributed by atoms with Crippen molar-refractivity contribution in [3.05, 3.63) is 34.6 Å². The minimum atomic E-state index is 0.108. The van der Waals surface area contributed by atoms with Crippen LogP contribution in [0, 0.1) is 0 Å². The van der Waals surface area contributed by atoms with Crippen LogP contribution in [0.4, 0.5) is 0 Å². The Labute approximate surface area is 74.9 Å². The highest BCUT2D eigenvalue weighted by Gasteiger charge is 2.12. The van der Waals surface area contributed by atoms with E-state index in [1.165, 1.54) is 6.20 Å². The fourth-order valence-electron chi connectivity index (χ4n) is 1.22. The molecule has 1 heterocycles. The zero-order valence-corrected chi connectivity index (χ0v) is 7.01. The van der Waals surface area contributed by atoms with Crippen LogP contribution in [-0.4, -0.2) is 10.8 Å². The van der Waals surface area contributed by atoms with Gasteiger partial charge in [0.2, 0.25) is 0 Å². The summed E-state index contributed by atoms with van der Waals surface area (Å²) in [6, 6.07) is 1.70. The first-order valence-electron chi connectivity index (χ1n) is 3.62. The summed E-state index contributed by atoms with van der Waals surface area (Å²) < 4.78 is 0. The maximum atomic E-state index is 11.3. The molecule has 2 nitrogen and oxygen atoms in total. The predicted molar refractivity (Wildman–Crippen MR) is 47.2 cm³/mol. The Hall–Kier alpha value is -1.15. The molecule has 0 atom stereocenters. The van der Waals surface area contributed by atoms with Gasteiger partial charge in [-0.2, -0.15) is 0 Å². The molecule has 0 unspecified atom stereocenters. The van der Waals surface area contributed by atoms with Gasteiger partial charge in [0.05, 0.1) is 0 Å². The highest BCUT2D eigenvalue weighted by atomic mass is 35.5. The Morgan fingerprint density at radius 3 is 3.17 bits per heavy atom. The molecule has 0 saturated carbocycles. The lowest BCUT2D eigenvalue weighted by Crippen LogP contribution is -2.04. The molecule has 1 aromatic heterocycles. The monoisotopic (exact) mass is 179 g/mol. The second-order valence-corrected chi connectivity index (χ2v) is 3.01. The zero-order valence-electron chi connectivity index (χ0n) is 6.25. The van der Waals surface area contributed by atoms with E-state index in [0.29, 0.717) is 17.1 Å². The summed E-state index contributed by atoms with van der Waals surface area (Å²) in [5.41, 5.74) is 1.54. The predicted octanol–water partition coefficient (Wildman–Crippen LogP) is 2.33. The summed E-state index contributed by atoms with van der Waals surface area (Å²) in [6.07, 6.45) is 5.73. The van der Waals surface area contributed by atoms with E-state index in [1.54, 1.807) is 6.07 Å². The minimum Gasteiger partial charge on any atom is -0.294 e. The number of allylic oxidation sites excluding steroid dienone is 1. The van der Waals surface area contributed by atoms with Gasteiger partial charge in [-0.25, -0.2) is 4.98 Å². The Balaban J connectivity index is 2.62. The number of aromatic nitrogens is 1. The molecule has 1 aromatic rings. The van der Waals surface area contributed by atoms with Crippen molar-refractivity contribution in [2.24, 2.45) is 0 Å². The average Bonchev–Trinajstić information content (AvgIpc) is 2.04. The number of carbonyl (C=O) groups is 1. The summed E-state index contributed by atoms with van der Waals surface area (Å²) in [5.74, 6) is 0.108. The maximum Gasteiger partial charge on any atom is 0.168 e. The van der Waals surface area contributed by atoms with Crippen molar-refractivity contribution in [2.75, 3.05) is 0 Å². The van der Waals surface area contributed by atoms with E-state index in [9.17, 15) is 4.79 Å². The molecule has 0 radical (unpaired) electrons. The molecule has 0 bridgehead atoms. The molecule has 2 rings (SSSR count). The topological polar surface area (TPSA) is 30.0 Å². The lowest BCUT2D eigenvalue weighted by Gasteiger charge is -2.07. The van der Waals surface area contributed by atoms with Gasteiger partial charge < -0.3 is 0 Å². The first-order chi connectivity index (χ1) is 5.77. The van der Waals surface area contributed by atoms with Gasteiger partial charge in [-0.3, -0.25) is 4.79 Å². The van der Waals surface area contributed by atoms with Crippen LogP contribution in [0.15, 0.2) is 18.3 Å². The van der Waals surface area contributed by atoms with Gasteiger partial charge >= 0.3 is 0 Å². The molecular weight excluding hydrogens is 174 g/mol. The molecule has 0 saturated heterocycles. The zero-order chi connectivity index (χ0) is 8.55. The summed E-state index contributed by atoms with van der Waals surface area (Å²) in [4.78, 5) is 15.1. The summed E-state index contributed by atoms with van der Waals surface area (Å²) in [7, 11) is 0. The van der Waals surface area contributed by atoms with Gasteiger partial charge in [-0.05, 0) is 11.6 Å². The van der Waals surface area contributed by atoms with Crippen LogP contribution in [0.3, 0.4) is 0 Å². The number of hydrogen-bond acceptors (Lipinski definition) is 2. The van der Waals surface area contributed by atoms with Gasteiger partial charge in [0.15, 0.2) is 5.78 Å². The number of halogens is 1. The second-order valence-electron chi connectivity index (χ2n) is 2.62. The number of carbonyl (C=O) groups excluding carboxylic acids is 1. The third-order valence-corrected chi connectivity index (χ3v) is 2.01. The molecule has 0 fully saturated rings. The molecule has 1 aliphatic rings. The largest absolute Gasteiger partial charge is 0.294 e. The number of nitrogens with zero attached hydrogens (tertiary/aromatic N) is 1. The van der Waals surface area contributed by atoms with Crippen LogP contribution in [0.25, 0.3) is 6.08 Å². The van der Waals surface area contributed by atoms with Crippen LogP contribution in [0.5, 0.6) is 0 Å². The Bertz CT molecular complexity index is 371. The van der Waals surface area contributed by atoms with E-state index in [2.05, 4.69) is 4.98 Å². The van der Waals surface area contributed by atoms with E-state index >= 15 is 0 Å². The van der Waals surface area contributed by atoms with Crippen molar-refractivity contribution in [2.45, 2.75) is 6.42 Å². The highest BCUT2D eigenvalue weighted by Crippen LogP contribution is 2.20. The fourth-order valence-corrected chi connectivity index (χ4v) is 1.38. The molecule has 0 amide bonds. The van der Waals surface area contributed by atoms with Crippen LogP contribution in [0.1, 0.15) is 22.3 Å². The number of ketones is 1. The maximum absolute atomic E-state index is 11.3. The minimum absolute atomic E-state index is 0.108. The van der Waals surface area contributed by atoms with Crippen molar-refractivity contribution in [3.8, 4) is 0 Å². The van der Waals surface area contributed by atoms with Crippen molar-refractivity contribution < 1.29 is 4.79 Å². The molecule has 0 aromatic carbocycles. The SMILES string of the molecule is O=C1CC=Cc2cc(Cl)ncc21. The van der Waals surface area contributed by atoms with Crippen molar-refractivity contribution >= 4 is 23.5 Å². The Morgan fingerprint density at radius 1 is 1.50 bits per heavy atom. The van der Waals surface area contributed by atoms with Gasteiger partial charge in [-0.15, -0.1) is 0 Å². The average molecular weight is 180 g/mol. The molecule has 0 aliphatic heterocycles. The van der Waals surface area contributed by atoms with E-state index in [-0.39, 0.29) is 5.78 Å². The van der Waals surface area contributed by atoms with Crippen LogP contribution in [-0.2, 0) is 0 Å². The normalized spacial score (nSPS) is 14.6. The van der Waals surface area contributed by atoms with E-state index < -0.39 is 0 Å². The Morgan fingerprint density at radius 2 is 2.33 bits per heavy atom. The highest BCUT2D eigenvalue weighted by molar-refractivity contribution is 6.29. The number of rotatable bonds is 0. The smallest absolute Gasteiger partial charge is 0.168 e. The van der Waals surface area contributed by atoms with Crippen LogP contribution >= 0.6 is 11.6 Å². The van der Waals surface area contributed by atoms with Crippen molar-refractivity contribution in [1.29, 1.82) is 0 Å². The third-order valence-electron chi connectivity index (χ3n) is 1.80. The molecular formula is C9H6ClNO. The fraction of sp³-hybridized carbons (Fsp3) is 0.111. The van der Waals surface area contributed by atoms with E-state index in [1.807, 2.05) is 12.2 Å². The summed E-state index contributed by atoms with van der Waals surface area (Å²) in [6.45, 7) is 0. The lowest BCUT2D eigenvalue weighted by molar-refractivity contribution is 0.0994. The van der Waals surface area contributed by atoms with Gasteiger partial charge in [0.25, 0.3) is 0 Å². The first kappa shape index (κ1) is 7.50. The standard InChI is InChI=1S/C9H6ClNO/c10-9-4-6-2-1-3-8(12)7(6)5-11-9/h1-2,4-5H,3H2. The number of fused-ring (bicyclic) bond motifs is 1. The number of hydrogen-bond donors (Lipinski definition) is 0. The van der Waals surface area contributed by atoms with E-state index in [0.717, 1.165) is 5.56 Å². The van der Waals surface area contributed by atoms with Gasteiger partial charge in [-0.1, -0.05) is 23.8 Å². The quantitative estimate of drug-likeness (QED) is 0.573. The summed E-state index contributed by atoms with van der Waals surface area (Å²) >= 11 is 5.67. The van der Waals surface area contributed by atoms with Crippen LogP contribution in [0.2, 0.25) is 5.15 Å². The van der Waals surface area contributed by atoms with E-state index in [4.69, 9.17) is 11.6 Å². The van der Waals surface area contributed by atoms with Crippen molar-refractivity contribution in [1.82, 2.24) is 4.98 Å². The summed E-state index contributed by atoms with van der Waals surface area (Å²) in [5, 5.41) is 0.424. The molecule has 0 N–H and O–H groups in total. The second kappa shape index (κ2) is 2.72. The van der Waals surface area contributed by atoms with Gasteiger partial charge in [0, 0.05) is 18.2 Å². The first-order valence-corrected chi connectivity index (χ1v) is 4.00. The third kappa shape index (κ3) is 1.14.